The van der Waals surface area contributed by atoms with Crippen LogP contribution in [0.4, 0.5) is 0 Å². The Balaban J connectivity index is 1.64. The first kappa shape index (κ1) is 17.7. The molecule has 0 spiro atoms. The van der Waals surface area contributed by atoms with Gasteiger partial charge in [0.15, 0.2) is 0 Å². The molecule has 1 aromatic carbocycles. The molecule has 0 bridgehead atoms. The Kier molecular flexibility index (Phi) is 4.97. The van der Waals surface area contributed by atoms with Gasteiger partial charge in [0.25, 0.3) is 5.91 Å². The predicted molar refractivity (Wildman–Crippen MR) is 97.3 cm³/mol. The van der Waals surface area contributed by atoms with Gasteiger partial charge in [-0.2, -0.15) is 0 Å². The number of hydrogen-bond acceptors (Lipinski definition) is 4. The van der Waals surface area contributed by atoms with Crippen molar-refractivity contribution in [3.63, 3.8) is 0 Å². The number of halogens is 1. The van der Waals surface area contributed by atoms with Crippen molar-refractivity contribution in [2.75, 3.05) is 13.2 Å². The van der Waals surface area contributed by atoms with E-state index in [1.165, 1.54) is 5.06 Å². The minimum absolute atomic E-state index is 0.0307. The highest BCUT2D eigenvalue weighted by molar-refractivity contribution is 6.34. The molecule has 1 aromatic rings. The number of allylic oxidation sites excluding steroid dienone is 2. The summed E-state index contributed by atoms with van der Waals surface area (Å²) >= 11 is 6.36. The molecule has 1 aliphatic carbocycles. The lowest BCUT2D eigenvalue weighted by Crippen LogP contribution is -2.32. The first-order valence-electron chi connectivity index (χ1n) is 8.18. The predicted octanol–water partition coefficient (Wildman–Crippen LogP) is 3.59. The number of carbonyl (C=O) groups is 1. The topological polar surface area (TPSA) is 62.1 Å². The normalized spacial score (nSPS) is 21.5. The number of hydroxylamine groups is 2. The number of hydrogen-bond donors (Lipinski definition) is 1. The fourth-order valence-corrected chi connectivity index (χ4v) is 2.94. The maximum atomic E-state index is 12.2. The monoisotopic (exact) mass is 360 g/mol. The van der Waals surface area contributed by atoms with Crippen LogP contribution in [0.1, 0.15) is 25.8 Å². The van der Waals surface area contributed by atoms with Gasteiger partial charge in [0, 0.05) is 22.7 Å². The van der Waals surface area contributed by atoms with Crippen molar-refractivity contribution in [1.82, 2.24) is 5.06 Å². The maximum Gasteiger partial charge on any atom is 0.254 e. The Labute approximate surface area is 152 Å². The number of nitrogens with zero attached hydrogens (tertiary/aromatic N) is 2. The van der Waals surface area contributed by atoms with Crippen molar-refractivity contribution < 1.29 is 14.7 Å². The number of para-hydroxylation sites is 1. The van der Waals surface area contributed by atoms with E-state index in [9.17, 15) is 9.90 Å². The summed E-state index contributed by atoms with van der Waals surface area (Å²) in [4.78, 5) is 22.2. The summed E-state index contributed by atoms with van der Waals surface area (Å²) in [6, 6.07) is 7.13. The van der Waals surface area contributed by atoms with Crippen molar-refractivity contribution in [2.45, 2.75) is 26.8 Å². The van der Waals surface area contributed by atoms with Gasteiger partial charge in [-0.15, -0.1) is 0 Å². The fraction of sp³-hybridized carbons (Fsp3) is 0.368. The molecule has 132 valence electrons. The van der Waals surface area contributed by atoms with Crippen LogP contribution in [-0.2, 0) is 16.2 Å². The number of rotatable bonds is 4. The minimum Gasteiger partial charge on any atom is -0.508 e. The highest BCUT2D eigenvalue weighted by Crippen LogP contribution is 2.30. The van der Waals surface area contributed by atoms with Crippen LogP contribution in [0.5, 0.6) is 5.75 Å². The molecule has 3 rings (SSSR count). The lowest BCUT2D eigenvalue weighted by molar-refractivity contribution is -0.159. The van der Waals surface area contributed by atoms with Crippen LogP contribution in [-0.4, -0.2) is 34.9 Å². The second-order valence-electron chi connectivity index (χ2n) is 6.86. The second kappa shape index (κ2) is 7.02. The smallest absolute Gasteiger partial charge is 0.254 e. The number of phenols is 1. The first-order valence-corrected chi connectivity index (χ1v) is 8.56. The lowest BCUT2D eigenvalue weighted by Gasteiger charge is -2.20. The summed E-state index contributed by atoms with van der Waals surface area (Å²) < 4.78 is 0. The summed E-state index contributed by atoms with van der Waals surface area (Å²) in [6.07, 6.45) is 4.40. The van der Waals surface area contributed by atoms with E-state index in [1.807, 2.05) is 38.1 Å². The molecule has 1 amide bonds. The molecular formula is C19H21ClN2O3. The van der Waals surface area contributed by atoms with Crippen molar-refractivity contribution in [2.24, 2.45) is 10.4 Å². The third kappa shape index (κ3) is 3.94. The molecule has 0 unspecified atom stereocenters. The molecule has 6 heteroatoms. The first-order chi connectivity index (χ1) is 11.9. The number of benzene rings is 1. The largest absolute Gasteiger partial charge is 0.508 e. The molecule has 1 heterocycles. The van der Waals surface area contributed by atoms with E-state index in [0.717, 1.165) is 16.8 Å². The van der Waals surface area contributed by atoms with Crippen LogP contribution in [0.25, 0.3) is 0 Å². The number of phenolic OH excluding ortho intramolecular Hbond substituents is 1. The van der Waals surface area contributed by atoms with Crippen molar-refractivity contribution in [3.8, 4) is 5.75 Å². The van der Waals surface area contributed by atoms with E-state index in [4.69, 9.17) is 16.4 Å². The van der Waals surface area contributed by atoms with Gasteiger partial charge in [-0.3, -0.25) is 14.6 Å². The van der Waals surface area contributed by atoms with Gasteiger partial charge >= 0.3 is 0 Å². The van der Waals surface area contributed by atoms with Crippen LogP contribution in [0.3, 0.4) is 0 Å². The Bertz CT molecular complexity index is 781. The van der Waals surface area contributed by atoms with E-state index in [2.05, 4.69) is 4.99 Å². The SMILES string of the molecule is CC1(C)CON(CC2=CCC(=NCc3ccccc3O)C=C2Cl)C1=O. The van der Waals surface area contributed by atoms with Gasteiger partial charge in [-0.1, -0.05) is 35.9 Å². The molecule has 1 fully saturated rings. The number of aliphatic imine (C=N–C) groups is 1. The molecule has 0 aromatic heterocycles. The quantitative estimate of drug-likeness (QED) is 0.892. The Morgan fingerprint density at radius 1 is 1.36 bits per heavy atom. The summed E-state index contributed by atoms with van der Waals surface area (Å²) in [6.45, 7) is 4.85. The molecule has 25 heavy (non-hydrogen) atoms. The molecule has 1 saturated heterocycles. The molecule has 1 N–H and O–H groups in total. The van der Waals surface area contributed by atoms with E-state index in [0.29, 0.717) is 31.1 Å². The van der Waals surface area contributed by atoms with Crippen LogP contribution < -0.4 is 0 Å². The van der Waals surface area contributed by atoms with Crippen molar-refractivity contribution >= 4 is 23.2 Å². The summed E-state index contributed by atoms with van der Waals surface area (Å²) in [5, 5.41) is 11.7. The van der Waals surface area contributed by atoms with Gasteiger partial charge in [0.1, 0.15) is 5.75 Å². The van der Waals surface area contributed by atoms with Gasteiger partial charge in [-0.25, -0.2) is 5.06 Å². The highest BCUT2D eigenvalue weighted by Gasteiger charge is 2.40. The van der Waals surface area contributed by atoms with Crippen LogP contribution in [0, 0.1) is 5.41 Å². The van der Waals surface area contributed by atoms with E-state index >= 15 is 0 Å². The van der Waals surface area contributed by atoms with E-state index in [-0.39, 0.29) is 11.7 Å². The van der Waals surface area contributed by atoms with E-state index in [1.54, 1.807) is 12.1 Å². The average Bonchev–Trinajstić information content (AvgIpc) is 2.83. The fourth-order valence-electron chi connectivity index (χ4n) is 2.67. The van der Waals surface area contributed by atoms with Gasteiger partial charge < -0.3 is 5.11 Å². The third-order valence-corrected chi connectivity index (χ3v) is 4.65. The Morgan fingerprint density at radius 2 is 2.12 bits per heavy atom. The van der Waals surface area contributed by atoms with Crippen LogP contribution in [0.15, 0.2) is 52.0 Å². The molecule has 0 atom stereocenters. The number of carbonyl (C=O) groups excluding carboxylic acids is 1. The van der Waals surface area contributed by atoms with Crippen molar-refractivity contribution in [1.29, 1.82) is 0 Å². The van der Waals surface area contributed by atoms with E-state index < -0.39 is 5.41 Å². The Hall–Kier alpha value is -2.11. The van der Waals surface area contributed by atoms with Crippen molar-refractivity contribution in [3.05, 3.63) is 52.6 Å². The molecular weight excluding hydrogens is 340 g/mol. The summed E-state index contributed by atoms with van der Waals surface area (Å²) in [7, 11) is 0. The summed E-state index contributed by atoms with van der Waals surface area (Å²) in [5.74, 6) is 0.207. The van der Waals surface area contributed by atoms with Gasteiger partial charge in [0.05, 0.1) is 25.1 Å². The standard InChI is InChI=1S/C19H21ClN2O3/c1-19(2)12-25-22(18(19)24)11-14-7-8-15(9-16(14)20)21-10-13-5-3-4-6-17(13)23/h3-7,9,23H,8,10-12H2,1-2H3. The zero-order valence-corrected chi connectivity index (χ0v) is 15.1. The highest BCUT2D eigenvalue weighted by atomic mass is 35.5. The summed E-state index contributed by atoms with van der Waals surface area (Å²) in [5.41, 5.74) is 1.98. The number of amides is 1. The van der Waals surface area contributed by atoms with Crippen LogP contribution in [0.2, 0.25) is 0 Å². The maximum absolute atomic E-state index is 12.2. The third-order valence-electron chi connectivity index (χ3n) is 4.30. The molecule has 0 radical (unpaired) electrons. The van der Waals surface area contributed by atoms with Gasteiger partial charge in [0.2, 0.25) is 0 Å². The van der Waals surface area contributed by atoms with Gasteiger partial charge in [-0.05, 0) is 31.6 Å². The molecule has 1 aliphatic heterocycles. The minimum atomic E-state index is -0.490. The van der Waals surface area contributed by atoms with Crippen LogP contribution >= 0.6 is 11.6 Å². The lowest BCUT2D eigenvalue weighted by atomic mass is 9.94. The zero-order chi connectivity index (χ0) is 18.0. The average molecular weight is 361 g/mol. The molecule has 2 aliphatic rings. The Morgan fingerprint density at radius 3 is 2.76 bits per heavy atom. The molecule has 0 saturated carbocycles. The molecule has 5 nitrogen and oxygen atoms in total. The second-order valence-corrected chi connectivity index (χ2v) is 7.27. The zero-order valence-electron chi connectivity index (χ0n) is 14.3. The number of aromatic hydroxyl groups is 1.